The van der Waals surface area contributed by atoms with Crippen LogP contribution in [0.5, 0.6) is 0 Å². The predicted octanol–water partition coefficient (Wildman–Crippen LogP) is 2.77. The molecule has 1 aromatic rings. The van der Waals surface area contributed by atoms with Crippen molar-refractivity contribution < 1.29 is 4.79 Å². The van der Waals surface area contributed by atoms with Crippen molar-refractivity contribution in [1.82, 2.24) is 10.2 Å². The van der Waals surface area contributed by atoms with Crippen LogP contribution in [0.4, 0.5) is 0 Å². The number of nitrogens with one attached hydrogen (secondary N) is 1. The van der Waals surface area contributed by atoms with Crippen molar-refractivity contribution in [3.8, 4) is 0 Å². The zero-order chi connectivity index (χ0) is 14.4. The van der Waals surface area contributed by atoms with Gasteiger partial charge in [0.25, 0.3) is 0 Å². The van der Waals surface area contributed by atoms with Crippen LogP contribution in [0.25, 0.3) is 0 Å². The fourth-order valence-electron chi connectivity index (χ4n) is 2.56. The van der Waals surface area contributed by atoms with E-state index in [1.165, 1.54) is 4.90 Å². The van der Waals surface area contributed by atoms with Gasteiger partial charge in [0.1, 0.15) is 0 Å². The van der Waals surface area contributed by atoms with Gasteiger partial charge in [0.15, 0.2) is 0 Å². The Morgan fingerprint density at radius 2 is 2.00 bits per heavy atom. The first kappa shape index (κ1) is 15.4. The average molecular weight is 292 g/mol. The van der Waals surface area contributed by atoms with Gasteiger partial charge in [0.2, 0.25) is 5.91 Å². The fraction of sp³-hybridized carbons (Fsp3) is 0.562. The molecule has 1 atom stereocenters. The van der Waals surface area contributed by atoms with Crippen LogP contribution in [-0.4, -0.2) is 42.2 Å². The fourth-order valence-corrected chi connectivity index (χ4v) is 3.62. The lowest BCUT2D eigenvalue weighted by molar-refractivity contribution is -0.131. The van der Waals surface area contributed by atoms with Crippen LogP contribution < -0.4 is 5.32 Å². The molecule has 0 aromatic heterocycles. The molecule has 1 N–H and O–H groups in total. The summed E-state index contributed by atoms with van der Waals surface area (Å²) in [5.74, 6) is 0.302. The third-order valence-corrected chi connectivity index (χ3v) is 5.25. The van der Waals surface area contributed by atoms with Gasteiger partial charge in [-0.25, -0.2) is 0 Å². The van der Waals surface area contributed by atoms with E-state index in [0.29, 0.717) is 11.9 Å². The Labute approximate surface area is 126 Å². The van der Waals surface area contributed by atoms with Crippen LogP contribution >= 0.6 is 11.8 Å². The first-order chi connectivity index (χ1) is 9.74. The topological polar surface area (TPSA) is 32.3 Å². The predicted molar refractivity (Wildman–Crippen MR) is 85.0 cm³/mol. The lowest BCUT2D eigenvalue weighted by Gasteiger charge is -2.33. The van der Waals surface area contributed by atoms with Crippen molar-refractivity contribution >= 4 is 17.7 Å². The lowest BCUT2D eigenvalue weighted by atomic mass is 10.0. The Morgan fingerprint density at radius 3 is 2.55 bits per heavy atom. The summed E-state index contributed by atoms with van der Waals surface area (Å²) in [4.78, 5) is 15.8. The van der Waals surface area contributed by atoms with Crippen molar-refractivity contribution in [3.63, 3.8) is 0 Å². The van der Waals surface area contributed by atoms with Gasteiger partial charge in [-0.2, -0.15) is 0 Å². The SMILES string of the molecule is CCC(Sc1ccccc1)C(=O)N1CCC(NC)CC1. The third kappa shape index (κ3) is 4.00. The number of benzene rings is 1. The van der Waals surface area contributed by atoms with Gasteiger partial charge >= 0.3 is 0 Å². The number of amides is 1. The van der Waals surface area contributed by atoms with E-state index in [1.54, 1.807) is 11.8 Å². The summed E-state index contributed by atoms with van der Waals surface area (Å²) in [5, 5.41) is 3.35. The van der Waals surface area contributed by atoms with Crippen LogP contribution in [0, 0.1) is 0 Å². The first-order valence-corrected chi connectivity index (χ1v) is 8.30. The minimum atomic E-state index is 0.0449. The maximum Gasteiger partial charge on any atom is 0.236 e. The number of hydrogen-bond donors (Lipinski definition) is 1. The van der Waals surface area contributed by atoms with E-state index in [9.17, 15) is 4.79 Å². The van der Waals surface area contributed by atoms with Crippen molar-refractivity contribution in [2.75, 3.05) is 20.1 Å². The van der Waals surface area contributed by atoms with Crippen LogP contribution in [0.2, 0.25) is 0 Å². The molecule has 1 aliphatic rings. The smallest absolute Gasteiger partial charge is 0.236 e. The quantitative estimate of drug-likeness (QED) is 0.847. The highest BCUT2D eigenvalue weighted by atomic mass is 32.2. The summed E-state index contributed by atoms with van der Waals surface area (Å²) >= 11 is 1.69. The van der Waals surface area contributed by atoms with Crippen molar-refractivity contribution in [2.24, 2.45) is 0 Å². The molecule has 4 heteroatoms. The highest BCUT2D eigenvalue weighted by Crippen LogP contribution is 2.27. The number of carbonyl (C=O) groups is 1. The van der Waals surface area contributed by atoms with E-state index in [4.69, 9.17) is 0 Å². The first-order valence-electron chi connectivity index (χ1n) is 7.42. The second kappa shape index (κ2) is 7.70. The minimum absolute atomic E-state index is 0.0449. The van der Waals surface area contributed by atoms with Gasteiger partial charge in [0.05, 0.1) is 5.25 Å². The molecule has 0 aliphatic carbocycles. The molecule has 0 bridgehead atoms. The summed E-state index contributed by atoms with van der Waals surface area (Å²) in [6, 6.07) is 10.8. The minimum Gasteiger partial charge on any atom is -0.342 e. The molecule has 0 saturated carbocycles. The number of likely N-dealkylation sites (tertiary alicyclic amines) is 1. The van der Waals surface area contributed by atoms with Crippen LogP contribution in [0.15, 0.2) is 35.2 Å². The number of rotatable bonds is 5. The number of nitrogens with zero attached hydrogens (tertiary/aromatic N) is 1. The zero-order valence-electron chi connectivity index (χ0n) is 12.3. The van der Waals surface area contributed by atoms with E-state index in [1.807, 2.05) is 30.1 Å². The van der Waals surface area contributed by atoms with Crippen LogP contribution in [0.3, 0.4) is 0 Å². The van der Waals surface area contributed by atoms with Gasteiger partial charge in [-0.1, -0.05) is 25.1 Å². The molecule has 0 radical (unpaired) electrons. The van der Waals surface area contributed by atoms with Crippen molar-refractivity contribution in [2.45, 2.75) is 42.4 Å². The molecule has 110 valence electrons. The largest absolute Gasteiger partial charge is 0.342 e. The summed E-state index contributed by atoms with van der Waals surface area (Å²) < 4.78 is 0. The van der Waals surface area contributed by atoms with E-state index >= 15 is 0 Å². The molecule has 1 saturated heterocycles. The Bertz CT molecular complexity index is 416. The number of thioether (sulfide) groups is 1. The number of hydrogen-bond acceptors (Lipinski definition) is 3. The Morgan fingerprint density at radius 1 is 1.35 bits per heavy atom. The van der Waals surface area contributed by atoms with Crippen LogP contribution in [-0.2, 0) is 4.79 Å². The molecule has 0 spiro atoms. The molecule has 1 fully saturated rings. The molecule has 1 aliphatic heterocycles. The zero-order valence-corrected chi connectivity index (χ0v) is 13.2. The monoisotopic (exact) mass is 292 g/mol. The highest BCUT2D eigenvalue weighted by molar-refractivity contribution is 8.00. The van der Waals surface area contributed by atoms with E-state index < -0.39 is 0 Å². The average Bonchev–Trinajstić information content (AvgIpc) is 2.53. The second-order valence-electron chi connectivity index (χ2n) is 5.22. The normalized spacial score (nSPS) is 18.0. The summed E-state index contributed by atoms with van der Waals surface area (Å²) in [6.45, 7) is 3.87. The maximum atomic E-state index is 12.6. The van der Waals surface area contributed by atoms with Crippen molar-refractivity contribution in [1.29, 1.82) is 0 Å². The number of carbonyl (C=O) groups excluding carboxylic acids is 1. The third-order valence-electron chi connectivity index (χ3n) is 3.88. The molecule has 2 rings (SSSR count). The molecule has 1 aromatic carbocycles. The van der Waals surface area contributed by atoms with Gasteiger partial charge < -0.3 is 10.2 Å². The Balaban J connectivity index is 1.92. The lowest BCUT2D eigenvalue weighted by Crippen LogP contribution is -2.46. The Kier molecular flexibility index (Phi) is 5.92. The summed E-state index contributed by atoms with van der Waals surface area (Å²) in [7, 11) is 2.00. The summed E-state index contributed by atoms with van der Waals surface area (Å²) in [6.07, 6.45) is 3.01. The highest BCUT2D eigenvalue weighted by Gasteiger charge is 2.27. The van der Waals surface area contributed by atoms with Gasteiger partial charge in [-0.05, 0) is 38.4 Å². The van der Waals surface area contributed by atoms with E-state index in [2.05, 4.69) is 24.4 Å². The molecule has 20 heavy (non-hydrogen) atoms. The van der Waals surface area contributed by atoms with Crippen molar-refractivity contribution in [3.05, 3.63) is 30.3 Å². The van der Waals surface area contributed by atoms with Crippen LogP contribution in [0.1, 0.15) is 26.2 Å². The van der Waals surface area contributed by atoms with E-state index in [0.717, 1.165) is 32.4 Å². The molecular formula is C16H24N2OS. The maximum absolute atomic E-state index is 12.6. The van der Waals surface area contributed by atoms with Gasteiger partial charge in [-0.3, -0.25) is 4.79 Å². The molecule has 1 amide bonds. The Hall–Kier alpha value is -1.00. The molecular weight excluding hydrogens is 268 g/mol. The molecule has 1 unspecified atom stereocenters. The second-order valence-corrected chi connectivity index (χ2v) is 6.49. The molecule has 3 nitrogen and oxygen atoms in total. The van der Waals surface area contributed by atoms with Gasteiger partial charge in [0, 0.05) is 24.0 Å². The number of piperidine rings is 1. The summed E-state index contributed by atoms with van der Waals surface area (Å²) in [5.41, 5.74) is 0. The van der Waals surface area contributed by atoms with Gasteiger partial charge in [-0.15, -0.1) is 11.8 Å². The molecule has 1 heterocycles. The van der Waals surface area contributed by atoms with E-state index in [-0.39, 0.29) is 5.25 Å². The standard InChI is InChI=1S/C16H24N2OS/c1-3-15(20-14-7-5-4-6-8-14)16(19)18-11-9-13(17-2)10-12-18/h4-8,13,15,17H,3,9-12H2,1-2H3.